The molecule has 0 aliphatic carbocycles. The lowest BCUT2D eigenvalue weighted by atomic mass is 10.0. The van der Waals surface area contributed by atoms with E-state index in [-0.39, 0.29) is 62.7 Å². The predicted molar refractivity (Wildman–Crippen MR) is 158 cm³/mol. The van der Waals surface area contributed by atoms with Gasteiger partial charge in [-0.3, -0.25) is 14.5 Å². The van der Waals surface area contributed by atoms with Gasteiger partial charge < -0.3 is 20.6 Å². The van der Waals surface area contributed by atoms with E-state index in [1.54, 1.807) is 4.90 Å². The second kappa shape index (κ2) is 18.2. The number of nitrogens with zero attached hydrogens (tertiary/aromatic N) is 2. The van der Waals surface area contributed by atoms with Crippen LogP contribution < -0.4 is 10.6 Å². The summed E-state index contributed by atoms with van der Waals surface area (Å²) < 4.78 is 27.6. The first-order valence-electron chi connectivity index (χ1n) is 13.5. The molecule has 1 saturated heterocycles. The van der Waals surface area contributed by atoms with E-state index in [0.717, 1.165) is 37.4 Å². The predicted octanol–water partition coefficient (Wildman–Crippen LogP) is 3.49. The third-order valence-electron chi connectivity index (χ3n) is 6.82. The topological polar surface area (TPSA) is 84.9 Å². The summed E-state index contributed by atoms with van der Waals surface area (Å²) in [4.78, 5) is 29.0. The summed E-state index contributed by atoms with van der Waals surface area (Å²) >= 11 is 0. The fourth-order valence-electron chi connectivity index (χ4n) is 4.67. The SMILES string of the molecule is CCCCN1CCN(CC(=O)N[C@@H](Cc2cc(F)cc(F)c2)[C@@H](O)CNCc2cccc(CC)c2)CC1=O.Cl.Cl. The number of amides is 2. The maximum atomic E-state index is 13.8. The van der Waals surface area contributed by atoms with E-state index in [1.165, 1.54) is 17.7 Å². The van der Waals surface area contributed by atoms with Crippen LogP contribution in [0.15, 0.2) is 42.5 Å². The zero-order valence-electron chi connectivity index (χ0n) is 23.2. The van der Waals surface area contributed by atoms with E-state index in [2.05, 4.69) is 36.6 Å². The average Bonchev–Trinajstić information content (AvgIpc) is 2.87. The number of hydrogen-bond donors (Lipinski definition) is 3. The summed E-state index contributed by atoms with van der Waals surface area (Å²) in [5, 5.41) is 17.0. The molecule has 1 aliphatic heterocycles. The van der Waals surface area contributed by atoms with Crippen molar-refractivity contribution in [1.29, 1.82) is 0 Å². The average molecular weight is 604 g/mol. The Bertz CT molecular complexity index is 1060. The Morgan fingerprint density at radius 1 is 1.02 bits per heavy atom. The molecule has 0 spiro atoms. The first kappa shape index (κ1) is 35.7. The number of carbonyl (C=O) groups excluding carboxylic acids is 2. The molecule has 2 atom stereocenters. The maximum absolute atomic E-state index is 13.8. The molecule has 3 rings (SSSR count). The van der Waals surface area contributed by atoms with Gasteiger partial charge in [0, 0.05) is 38.8 Å². The van der Waals surface area contributed by atoms with Gasteiger partial charge in [-0.15, -0.1) is 24.8 Å². The Kier molecular flexibility index (Phi) is 16.3. The van der Waals surface area contributed by atoms with Crippen LogP contribution >= 0.6 is 24.8 Å². The molecular weight excluding hydrogens is 561 g/mol. The molecule has 40 heavy (non-hydrogen) atoms. The van der Waals surface area contributed by atoms with Gasteiger partial charge in [-0.25, -0.2) is 8.78 Å². The molecular formula is C29H42Cl2F2N4O3. The van der Waals surface area contributed by atoms with Crippen molar-refractivity contribution in [2.45, 2.75) is 58.2 Å². The minimum absolute atomic E-state index is 0. The van der Waals surface area contributed by atoms with Crippen molar-refractivity contribution in [3.8, 4) is 0 Å². The van der Waals surface area contributed by atoms with Gasteiger partial charge in [0.05, 0.1) is 25.2 Å². The van der Waals surface area contributed by atoms with Crippen molar-refractivity contribution >= 4 is 36.6 Å². The molecule has 0 radical (unpaired) electrons. The zero-order valence-corrected chi connectivity index (χ0v) is 24.8. The monoisotopic (exact) mass is 602 g/mol. The summed E-state index contributed by atoms with van der Waals surface area (Å²) in [5.41, 5.74) is 2.63. The summed E-state index contributed by atoms with van der Waals surface area (Å²) in [6, 6.07) is 10.5. The molecule has 2 amide bonds. The van der Waals surface area contributed by atoms with Crippen LogP contribution in [0.1, 0.15) is 43.4 Å². The van der Waals surface area contributed by atoms with Crippen LogP contribution in [0.2, 0.25) is 0 Å². The van der Waals surface area contributed by atoms with E-state index in [9.17, 15) is 23.5 Å². The number of aryl methyl sites for hydroxylation is 1. The highest BCUT2D eigenvalue weighted by atomic mass is 35.5. The van der Waals surface area contributed by atoms with Crippen LogP contribution in [-0.4, -0.2) is 78.1 Å². The number of piperazine rings is 1. The Balaban J connectivity index is 0.00000400. The second-order valence-corrected chi connectivity index (χ2v) is 9.97. The van der Waals surface area contributed by atoms with Gasteiger partial charge in [0.1, 0.15) is 11.6 Å². The van der Waals surface area contributed by atoms with Crippen molar-refractivity contribution < 1.29 is 23.5 Å². The highest BCUT2D eigenvalue weighted by molar-refractivity contribution is 5.85. The first-order valence-corrected chi connectivity index (χ1v) is 13.5. The molecule has 224 valence electrons. The number of unbranched alkanes of at least 4 members (excludes halogenated alkanes) is 1. The minimum Gasteiger partial charge on any atom is -0.390 e. The Labute approximate surface area is 248 Å². The van der Waals surface area contributed by atoms with Crippen LogP contribution in [0.3, 0.4) is 0 Å². The normalized spacial score (nSPS) is 15.1. The number of rotatable bonds is 14. The third-order valence-corrected chi connectivity index (χ3v) is 6.82. The molecule has 0 saturated carbocycles. The molecule has 0 aromatic heterocycles. The maximum Gasteiger partial charge on any atom is 0.236 e. The highest BCUT2D eigenvalue weighted by Crippen LogP contribution is 2.13. The molecule has 1 aliphatic rings. The van der Waals surface area contributed by atoms with E-state index in [1.807, 2.05) is 17.0 Å². The van der Waals surface area contributed by atoms with Crippen LogP contribution in [0, 0.1) is 11.6 Å². The quantitative estimate of drug-likeness (QED) is 0.308. The van der Waals surface area contributed by atoms with Crippen LogP contribution in [0.25, 0.3) is 0 Å². The van der Waals surface area contributed by atoms with Gasteiger partial charge in [-0.05, 0) is 48.1 Å². The number of nitrogens with one attached hydrogen (secondary N) is 2. The number of benzene rings is 2. The summed E-state index contributed by atoms with van der Waals surface area (Å²) in [7, 11) is 0. The molecule has 1 fully saturated rings. The van der Waals surface area contributed by atoms with Crippen molar-refractivity contribution in [2.24, 2.45) is 0 Å². The molecule has 11 heteroatoms. The van der Waals surface area contributed by atoms with Crippen LogP contribution in [0.5, 0.6) is 0 Å². The molecule has 0 unspecified atom stereocenters. The number of aliphatic hydroxyl groups excluding tert-OH is 1. The van der Waals surface area contributed by atoms with Crippen molar-refractivity contribution in [1.82, 2.24) is 20.4 Å². The highest BCUT2D eigenvalue weighted by Gasteiger charge is 2.27. The van der Waals surface area contributed by atoms with Gasteiger partial charge in [0.15, 0.2) is 0 Å². The standard InChI is InChI=1S/C29H40F2N4O3.2ClH/c1-3-5-9-35-11-10-34(20-29(35)38)19-28(37)33-26(15-23-13-24(30)16-25(31)14-23)27(36)18-32-17-22-8-6-7-21(4-2)12-22;;/h6-8,12-14,16,26-27,32,36H,3-5,9-11,15,17-20H2,1-2H3,(H,33,37);2*1H/t26-,27-;;/m0../s1. The number of aliphatic hydroxyl groups is 1. The van der Waals surface area contributed by atoms with E-state index in [4.69, 9.17) is 0 Å². The zero-order chi connectivity index (χ0) is 27.5. The largest absolute Gasteiger partial charge is 0.390 e. The van der Waals surface area contributed by atoms with Gasteiger partial charge >= 0.3 is 0 Å². The Morgan fingerprint density at radius 2 is 1.73 bits per heavy atom. The summed E-state index contributed by atoms with van der Waals surface area (Å²) in [5.74, 6) is -1.78. The molecule has 3 N–H and O–H groups in total. The fraction of sp³-hybridized carbons (Fsp3) is 0.517. The van der Waals surface area contributed by atoms with Gasteiger partial charge in [0.25, 0.3) is 0 Å². The van der Waals surface area contributed by atoms with E-state index < -0.39 is 23.8 Å². The lowest BCUT2D eigenvalue weighted by Crippen LogP contribution is -2.55. The second-order valence-electron chi connectivity index (χ2n) is 9.97. The molecule has 0 bridgehead atoms. The molecule has 2 aromatic carbocycles. The smallest absolute Gasteiger partial charge is 0.236 e. The molecule has 7 nitrogen and oxygen atoms in total. The fourth-order valence-corrected chi connectivity index (χ4v) is 4.67. The van der Waals surface area contributed by atoms with E-state index >= 15 is 0 Å². The number of halogens is 4. The van der Waals surface area contributed by atoms with Crippen molar-refractivity contribution in [3.63, 3.8) is 0 Å². The lowest BCUT2D eigenvalue weighted by Gasteiger charge is -2.34. The van der Waals surface area contributed by atoms with E-state index in [0.29, 0.717) is 25.2 Å². The van der Waals surface area contributed by atoms with Crippen molar-refractivity contribution in [3.05, 3.63) is 70.8 Å². The van der Waals surface area contributed by atoms with Gasteiger partial charge in [-0.2, -0.15) is 0 Å². The summed E-state index contributed by atoms with van der Waals surface area (Å²) in [6.45, 7) is 6.92. The Hall–Kier alpha value is -2.30. The van der Waals surface area contributed by atoms with Crippen molar-refractivity contribution in [2.75, 3.05) is 39.3 Å². The van der Waals surface area contributed by atoms with Gasteiger partial charge in [0.2, 0.25) is 11.8 Å². The number of carbonyl (C=O) groups is 2. The summed E-state index contributed by atoms with van der Waals surface area (Å²) in [6.07, 6.45) is 1.93. The Morgan fingerprint density at radius 3 is 2.38 bits per heavy atom. The van der Waals surface area contributed by atoms with Gasteiger partial charge in [-0.1, -0.05) is 44.5 Å². The van der Waals surface area contributed by atoms with Crippen LogP contribution in [-0.2, 0) is 29.0 Å². The minimum atomic E-state index is -1.01. The first-order chi connectivity index (χ1) is 18.3. The lowest BCUT2D eigenvalue weighted by molar-refractivity contribution is -0.137. The van der Waals surface area contributed by atoms with Crippen LogP contribution in [0.4, 0.5) is 8.78 Å². The number of hydrogen-bond acceptors (Lipinski definition) is 5. The molecule has 1 heterocycles. The third kappa shape index (κ3) is 11.7. The molecule has 2 aromatic rings.